The van der Waals surface area contributed by atoms with Crippen molar-refractivity contribution in [1.29, 1.82) is 0 Å². The van der Waals surface area contributed by atoms with E-state index in [4.69, 9.17) is 14.2 Å². The van der Waals surface area contributed by atoms with Crippen LogP contribution in [0.15, 0.2) is 36.5 Å². The maximum atomic E-state index is 12.8. The highest BCUT2D eigenvalue weighted by Crippen LogP contribution is 2.16. The molecule has 1 atom stereocenters. The Morgan fingerprint density at radius 2 is 0.607 bits per heavy atom. The number of carbonyl (C=O) groups excluding carboxylic acids is 3. The van der Waals surface area contributed by atoms with Crippen molar-refractivity contribution in [2.75, 3.05) is 13.2 Å². The van der Waals surface area contributed by atoms with Crippen molar-refractivity contribution in [2.45, 2.75) is 284 Å². The summed E-state index contributed by atoms with van der Waals surface area (Å²) in [6.07, 6.45) is 58.4. The molecular weight excluding hydrogens is 757 g/mol. The molecule has 0 aromatic rings. The van der Waals surface area contributed by atoms with Gasteiger partial charge in [0.15, 0.2) is 6.10 Å². The van der Waals surface area contributed by atoms with Gasteiger partial charge in [0.2, 0.25) is 0 Å². The van der Waals surface area contributed by atoms with Crippen LogP contribution in [0.1, 0.15) is 278 Å². The predicted molar refractivity (Wildman–Crippen MR) is 261 cm³/mol. The van der Waals surface area contributed by atoms with E-state index >= 15 is 0 Å². The van der Waals surface area contributed by atoms with Crippen LogP contribution in [0.5, 0.6) is 0 Å². The van der Waals surface area contributed by atoms with E-state index < -0.39 is 6.10 Å². The minimum atomic E-state index is -0.778. The number of rotatable bonds is 48. The molecule has 0 aliphatic heterocycles. The van der Waals surface area contributed by atoms with Gasteiger partial charge in [-0.15, -0.1) is 0 Å². The van der Waals surface area contributed by atoms with Crippen LogP contribution < -0.4 is 0 Å². The van der Waals surface area contributed by atoms with Crippen molar-refractivity contribution in [1.82, 2.24) is 0 Å². The number of hydrogen-bond donors (Lipinski definition) is 0. The molecule has 0 heterocycles. The van der Waals surface area contributed by atoms with E-state index in [2.05, 4.69) is 57.2 Å². The Balaban J connectivity index is 4.34. The van der Waals surface area contributed by atoms with Gasteiger partial charge in [0, 0.05) is 19.3 Å². The summed E-state index contributed by atoms with van der Waals surface area (Å²) in [6, 6.07) is 0. The van der Waals surface area contributed by atoms with Crippen molar-refractivity contribution in [2.24, 2.45) is 0 Å². The highest BCUT2D eigenvalue weighted by molar-refractivity contribution is 5.71. The van der Waals surface area contributed by atoms with E-state index in [1.54, 1.807) is 0 Å². The average molecular weight is 857 g/mol. The lowest BCUT2D eigenvalue weighted by Gasteiger charge is -2.18. The molecule has 0 rings (SSSR count). The molecule has 0 N–H and O–H groups in total. The summed E-state index contributed by atoms with van der Waals surface area (Å²) in [5.41, 5.74) is 0. The number of ether oxygens (including phenoxy) is 3. The molecule has 0 spiro atoms. The van der Waals surface area contributed by atoms with Crippen LogP contribution in [0.25, 0.3) is 0 Å². The first kappa shape index (κ1) is 58.6. The van der Waals surface area contributed by atoms with Crippen LogP contribution in [0, 0.1) is 0 Å². The maximum Gasteiger partial charge on any atom is 0.306 e. The first-order valence-corrected chi connectivity index (χ1v) is 26.5. The molecule has 0 radical (unpaired) electrons. The second kappa shape index (κ2) is 50.3. The van der Waals surface area contributed by atoms with Gasteiger partial charge in [0.25, 0.3) is 0 Å². The van der Waals surface area contributed by atoms with Crippen LogP contribution in [0.4, 0.5) is 0 Å². The standard InChI is InChI=1S/C55H100O6/c1-4-7-10-13-16-19-22-24-26-27-28-30-31-33-36-39-42-45-48-54(57)60-51-52(50-59-53(56)47-44-41-38-35-21-18-15-12-9-6-3)61-55(58)49-46-43-40-37-34-32-29-25-23-20-17-14-11-8-5-2/h15,18,26-28,30,52H,4-14,16-17,19-25,29,31-51H2,1-3H3/b18-15-,27-26-,30-28-. The van der Waals surface area contributed by atoms with Gasteiger partial charge in [0.1, 0.15) is 13.2 Å². The lowest BCUT2D eigenvalue weighted by molar-refractivity contribution is -0.167. The topological polar surface area (TPSA) is 78.9 Å². The normalized spacial score (nSPS) is 12.2. The third kappa shape index (κ3) is 48.5. The number of hydrogen-bond acceptors (Lipinski definition) is 6. The maximum absolute atomic E-state index is 12.8. The molecule has 61 heavy (non-hydrogen) atoms. The second-order valence-electron chi connectivity index (χ2n) is 17.8. The molecule has 0 aliphatic carbocycles. The number of unbranched alkanes of at least 4 members (excludes halogenated alkanes) is 32. The smallest absolute Gasteiger partial charge is 0.306 e. The van der Waals surface area contributed by atoms with Crippen molar-refractivity contribution in [3.05, 3.63) is 36.5 Å². The van der Waals surface area contributed by atoms with Gasteiger partial charge in [-0.25, -0.2) is 0 Å². The van der Waals surface area contributed by atoms with Gasteiger partial charge < -0.3 is 14.2 Å². The van der Waals surface area contributed by atoms with Crippen LogP contribution in [0.2, 0.25) is 0 Å². The number of carbonyl (C=O) groups is 3. The van der Waals surface area contributed by atoms with Crippen LogP contribution in [-0.4, -0.2) is 37.2 Å². The Kier molecular flexibility index (Phi) is 48.3. The number of allylic oxidation sites excluding steroid dienone is 6. The summed E-state index contributed by atoms with van der Waals surface area (Å²) in [4.78, 5) is 37.9. The van der Waals surface area contributed by atoms with Crippen molar-refractivity contribution >= 4 is 17.9 Å². The summed E-state index contributed by atoms with van der Waals surface area (Å²) < 4.78 is 16.8. The van der Waals surface area contributed by atoms with E-state index in [-0.39, 0.29) is 31.1 Å². The van der Waals surface area contributed by atoms with E-state index in [9.17, 15) is 14.4 Å². The van der Waals surface area contributed by atoms with E-state index in [1.807, 2.05) is 0 Å². The summed E-state index contributed by atoms with van der Waals surface area (Å²) in [5, 5.41) is 0. The summed E-state index contributed by atoms with van der Waals surface area (Å²) in [6.45, 7) is 6.59. The van der Waals surface area contributed by atoms with Crippen molar-refractivity contribution < 1.29 is 28.6 Å². The zero-order valence-corrected chi connectivity index (χ0v) is 40.7. The first-order valence-electron chi connectivity index (χ1n) is 26.5. The third-order valence-corrected chi connectivity index (χ3v) is 11.6. The van der Waals surface area contributed by atoms with Crippen molar-refractivity contribution in [3.8, 4) is 0 Å². The van der Waals surface area contributed by atoms with Crippen LogP contribution in [0.3, 0.4) is 0 Å². The van der Waals surface area contributed by atoms with Gasteiger partial charge in [0.05, 0.1) is 0 Å². The Morgan fingerprint density at radius 1 is 0.328 bits per heavy atom. The SMILES string of the molecule is CCCC/C=C\CCCCCCC(=O)OCC(COC(=O)CCCCCCC/C=C\C=C/CCCCCCCCC)OC(=O)CCCCCCCCCCCCCCCCC. The zero-order valence-electron chi connectivity index (χ0n) is 40.7. The highest BCUT2D eigenvalue weighted by atomic mass is 16.6. The molecule has 0 aliphatic rings. The molecule has 6 heteroatoms. The van der Waals surface area contributed by atoms with E-state index in [1.165, 1.54) is 141 Å². The largest absolute Gasteiger partial charge is 0.462 e. The fourth-order valence-corrected chi connectivity index (χ4v) is 7.59. The van der Waals surface area contributed by atoms with Gasteiger partial charge in [-0.05, 0) is 64.2 Å². The van der Waals surface area contributed by atoms with E-state index in [0.717, 1.165) is 96.3 Å². The summed E-state index contributed by atoms with van der Waals surface area (Å²) >= 11 is 0. The predicted octanol–water partition coefficient (Wildman–Crippen LogP) is 17.3. The molecule has 6 nitrogen and oxygen atoms in total. The molecular formula is C55H100O6. The molecule has 0 aromatic heterocycles. The summed E-state index contributed by atoms with van der Waals surface area (Å²) in [5.74, 6) is -0.897. The molecule has 0 amide bonds. The lowest BCUT2D eigenvalue weighted by atomic mass is 10.0. The first-order chi connectivity index (χ1) is 30.0. The lowest BCUT2D eigenvalue weighted by Crippen LogP contribution is -2.30. The molecule has 0 saturated carbocycles. The molecule has 0 bridgehead atoms. The highest BCUT2D eigenvalue weighted by Gasteiger charge is 2.19. The molecule has 0 aromatic carbocycles. The fraction of sp³-hybridized carbons (Fsp3) is 0.836. The molecule has 356 valence electrons. The molecule has 0 saturated heterocycles. The van der Waals surface area contributed by atoms with E-state index in [0.29, 0.717) is 19.3 Å². The average Bonchev–Trinajstić information content (AvgIpc) is 3.26. The zero-order chi connectivity index (χ0) is 44.4. The summed E-state index contributed by atoms with van der Waals surface area (Å²) in [7, 11) is 0. The minimum absolute atomic E-state index is 0.0807. The Bertz CT molecular complexity index is 1030. The quantitative estimate of drug-likeness (QED) is 0.0199. The van der Waals surface area contributed by atoms with Gasteiger partial charge in [-0.1, -0.05) is 231 Å². The third-order valence-electron chi connectivity index (χ3n) is 11.6. The monoisotopic (exact) mass is 857 g/mol. The molecule has 0 fully saturated rings. The van der Waals surface area contributed by atoms with Gasteiger partial charge in [-0.3, -0.25) is 14.4 Å². The van der Waals surface area contributed by atoms with Crippen LogP contribution in [-0.2, 0) is 28.6 Å². The van der Waals surface area contributed by atoms with Gasteiger partial charge >= 0.3 is 17.9 Å². The number of esters is 3. The van der Waals surface area contributed by atoms with Crippen molar-refractivity contribution in [3.63, 3.8) is 0 Å². The van der Waals surface area contributed by atoms with Gasteiger partial charge in [-0.2, -0.15) is 0 Å². The molecule has 1 unspecified atom stereocenters. The Labute approximate surface area is 378 Å². The van der Waals surface area contributed by atoms with Crippen LogP contribution >= 0.6 is 0 Å². The minimum Gasteiger partial charge on any atom is -0.462 e. The Hall–Kier alpha value is -2.37. The second-order valence-corrected chi connectivity index (χ2v) is 17.8. The Morgan fingerprint density at radius 3 is 0.967 bits per heavy atom. The fourth-order valence-electron chi connectivity index (χ4n) is 7.59.